The summed E-state index contributed by atoms with van der Waals surface area (Å²) in [6.07, 6.45) is 8.53. The van der Waals surface area contributed by atoms with E-state index in [1.165, 1.54) is 9.13 Å². The van der Waals surface area contributed by atoms with Gasteiger partial charge in [-0.15, -0.1) is 0 Å². The fourth-order valence-corrected chi connectivity index (χ4v) is 4.30. The Kier molecular flexibility index (Phi) is 6.72. The van der Waals surface area contributed by atoms with Crippen LogP contribution in [-0.2, 0) is 14.1 Å². The Hall–Kier alpha value is -1.93. The highest BCUT2D eigenvalue weighted by Crippen LogP contribution is 2.24. The first kappa shape index (κ1) is 20.8. The van der Waals surface area contributed by atoms with Crippen LogP contribution in [0.1, 0.15) is 64.5 Å². The predicted octanol–water partition coefficient (Wildman–Crippen LogP) is 1.65. The van der Waals surface area contributed by atoms with Crippen LogP contribution in [0.15, 0.2) is 15.9 Å². The van der Waals surface area contributed by atoms with Crippen molar-refractivity contribution in [2.24, 2.45) is 20.0 Å². The Morgan fingerprint density at radius 1 is 1.29 bits per heavy atom. The molecule has 1 aliphatic rings. The number of fused-ring (bicyclic) bond motifs is 1. The maximum atomic E-state index is 13.2. The molecule has 0 aliphatic heterocycles. The van der Waals surface area contributed by atoms with Crippen molar-refractivity contribution in [1.29, 1.82) is 0 Å². The second-order valence-electron chi connectivity index (χ2n) is 8.15. The number of nitrogens with one attached hydrogen (secondary N) is 1. The van der Waals surface area contributed by atoms with E-state index in [1.807, 2.05) is 0 Å². The van der Waals surface area contributed by atoms with Gasteiger partial charge in [-0.05, 0) is 38.1 Å². The van der Waals surface area contributed by atoms with Crippen molar-refractivity contribution in [3.63, 3.8) is 0 Å². The largest absolute Gasteiger partial charge is 0.393 e. The van der Waals surface area contributed by atoms with Crippen molar-refractivity contribution in [3.05, 3.63) is 27.2 Å². The molecular formula is C20H33N5O3. The minimum Gasteiger partial charge on any atom is -0.393 e. The second kappa shape index (κ2) is 9.05. The number of aryl methyl sites for hydroxylation is 2. The van der Waals surface area contributed by atoms with Crippen molar-refractivity contribution >= 4 is 11.2 Å². The molecule has 1 aliphatic carbocycles. The molecule has 0 amide bonds. The molecular weight excluding hydrogens is 358 g/mol. The normalized spacial score (nSPS) is 21.3. The smallest absolute Gasteiger partial charge is 0.333 e. The monoisotopic (exact) mass is 391 g/mol. The topological polar surface area (TPSA) is 94.1 Å². The summed E-state index contributed by atoms with van der Waals surface area (Å²) in [6.45, 7) is 2.84. The number of aliphatic hydroxyl groups is 1. The van der Waals surface area contributed by atoms with Gasteiger partial charge < -0.3 is 9.67 Å². The zero-order valence-corrected chi connectivity index (χ0v) is 17.2. The van der Waals surface area contributed by atoms with Crippen LogP contribution in [0.5, 0.6) is 0 Å². The molecule has 28 heavy (non-hydrogen) atoms. The number of aliphatic hydroxyl groups excluding tert-OH is 1. The molecule has 0 radical (unpaired) electrons. The lowest BCUT2D eigenvalue weighted by Crippen LogP contribution is -2.47. The Bertz CT molecular complexity index is 913. The lowest BCUT2D eigenvalue weighted by Gasteiger charge is -2.29. The molecule has 3 unspecified atom stereocenters. The van der Waals surface area contributed by atoms with E-state index in [2.05, 4.69) is 17.2 Å². The van der Waals surface area contributed by atoms with Crippen LogP contribution in [0.25, 0.3) is 11.2 Å². The fraction of sp³-hybridized carbons (Fsp3) is 0.750. The van der Waals surface area contributed by atoms with Crippen molar-refractivity contribution in [1.82, 2.24) is 24.0 Å². The van der Waals surface area contributed by atoms with Gasteiger partial charge in [0.1, 0.15) is 0 Å². The standard InChI is InChI=1S/C20H33N5O3/c1-4-5-6-10-16(21-12-14-8-7-9-15(26)11-14)25-19(27)17-18(22-13-23(17)2)24(3)20(25)28/h13-16,21,26H,4-12H2,1-3H3. The van der Waals surface area contributed by atoms with E-state index in [9.17, 15) is 14.7 Å². The summed E-state index contributed by atoms with van der Waals surface area (Å²) < 4.78 is 4.49. The van der Waals surface area contributed by atoms with Crippen LogP contribution in [0.4, 0.5) is 0 Å². The summed E-state index contributed by atoms with van der Waals surface area (Å²) in [5.74, 6) is 0.373. The van der Waals surface area contributed by atoms with Crippen LogP contribution < -0.4 is 16.6 Å². The number of unbranched alkanes of at least 4 members (excludes halogenated alkanes) is 2. The van der Waals surface area contributed by atoms with Gasteiger partial charge in [-0.3, -0.25) is 14.7 Å². The lowest BCUT2D eigenvalue weighted by atomic mass is 9.87. The highest BCUT2D eigenvalue weighted by molar-refractivity contribution is 5.69. The zero-order valence-electron chi connectivity index (χ0n) is 17.2. The van der Waals surface area contributed by atoms with E-state index in [-0.39, 0.29) is 23.5 Å². The molecule has 8 nitrogen and oxygen atoms in total. The van der Waals surface area contributed by atoms with Crippen LogP contribution >= 0.6 is 0 Å². The molecule has 3 atom stereocenters. The average molecular weight is 392 g/mol. The van der Waals surface area contributed by atoms with E-state index < -0.39 is 0 Å². The molecule has 0 aromatic carbocycles. The lowest BCUT2D eigenvalue weighted by molar-refractivity contribution is 0.0979. The molecule has 2 aromatic rings. The van der Waals surface area contributed by atoms with E-state index in [0.29, 0.717) is 23.6 Å². The van der Waals surface area contributed by atoms with E-state index >= 15 is 0 Å². The molecule has 2 N–H and O–H groups in total. The van der Waals surface area contributed by atoms with E-state index in [4.69, 9.17) is 0 Å². The maximum absolute atomic E-state index is 13.2. The van der Waals surface area contributed by atoms with Gasteiger partial charge in [-0.1, -0.05) is 32.6 Å². The summed E-state index contributed by atoms with van der Waals surface area (Å²) in [4.78, 5) is 30.4. The summed E-state index contributed by atoms with van der Waals surface area (Å²) >= 11 is 0. The first-order chi connectivity index (χ1) is 13.4. The first-order valence-corrected chi connectivity index (χ1v) is 10.5. The van der Waals surface area contributed by atoms with Crippen LogP contribution in [-0.4, -0.2) is 36.4 Å². The fourth-order valence-electron chi connectivity index (χ4n) is 4.30. The quantitative estimate of drug-likeness (QED) is 0.668. The summed E-state index contributed by atoms with van der Waals surface area (Å²) in [5.41, 5.74) is 0.221. The van der Waals surface area contributed by atoms with Gasteiger partial charge in [0.25, 0.3) is 5.56 Å². The third-order valence-electron chi connectivity index (χ3n) is 5.94. The number of aromatic nitrogens is 4. The Labute approximate surface area is 165 Å². The zero-order chi connectivity index (χ0) is 20.3. The van der Waals surface area contributed by atoms with Gasteiger partial charge in [0, 0.05) is 14.1 Å². The average Bonchev–Trinajstić information content (AvgIpc) is 3.06. The third kappa shape index (κ3) is 4.22. The van der Waals surface area contributed by atoms with Crippen LogP contribution in [0.2, 0.25) is 0 Å². The van der Waals surface area contributed by atoms with Gasteiger partial charge in [0.05, 0.1) is 18.6 Å². The second-order valence-corrected chi connectivity index (χ2v) is 8.15. The van der Waals surface area contributed by atoms with Crippen molar-refractivity contribution in [2.45, 2.75) is 70.6 Å². The molecule has 0 saturated heterocycles. The SMILES string of the molecule is CCCCCC(NCC1CCCC(O)C1)n1c(=O)c2c(ncn2C)n(C)c1=O. The summed E-state index contributed by atoms with van der Waals surface area (Å²) in [6, 6.07) is 0. The molecule has 1 fully saturated rings. The number of imidazole rings is 1. The maximum Gasteiger partial charge on any atom is 0.333 e. The first-order valence-electron chi connectivity index (χ1n) is 10.5. The van der Waals surface area contributed by atoms with Crippen molar-refractivity contribution in [3.8, 4) is 0 Å². The van der Waals surface area contributed by atoms with Gasteiger partial charge in [0.15, 0.2) is 11.2 Å². The molecule has 0 bridgehead atoms. The molecule has 0 spiro atoms. The third-order valence-corrected chi connectivity index (χ3v) is 5.94. The van der Waals surface area contributed by atoms with Crippen molar-refractivity contribution in [2.75, 3.05) is 6.54 Å². The molecule has 3 rings (SSSR count). The minimum atomic E-state index is -0.351. The number of nitrogens with zero attached hydrogens (tertiary/aromatic N) is 4. The number of hydrogen-bond donors (Lipinski definition) is 2. The van der Waals surface area contributed by atoms with Crippen LogP contribution in [0.3, 0.4) is 0 Å². The molecule has 2 aromatic heterocycles. The number of rotatable bonds is 8. The Morgan fingerprint density at radius 3 is 2.79 bits per heavy atom. The minimum absolute atomic E-state index is 0.236. The van der Waals surface area contributed by atoms with E-state index in [1.54, 1.807) is 25.0 Å². The van der Waals surface area contributed by atoms with Gasteiger partial charge in [0.2, 0.25) is 0 Å². The van der Waals surface area contributed by atoms with Gasteiger partial charge in [-0.2, -0.15) is 0 Å². The van der Waals surface area contributed by atoms with Gasteiger partial charge in [-0.25, -0.2) is 14.3 Å². The Morgan fingerprint density at radius 2 is 2.07 bits per heavy atom. The van der Waals surface area contributed by atoms with Crippen molar-refractivity contribution < 1.29 is 5.11 Å². The van der Waals surface area contributed by atoms with Crippen LogP contribution in [0, 0.1) is 5.92 Å². The highest BCUT2D eigenvalue weighted by atomic mass is 16.3. The molecule has 8 heteroatoms. The molecule has 156 valence electrons. The summed E-state index contributed by atoms with van der Waals surface area (Å²) in [7, 11) is 3.43. The number of hydrogen-bond acceptors (Lipinski definition) is 5. The molecule has 1 saturated carbocycles. The predicted molar refractivity (Wildman–Crippen MR) is 109 cm³/mol. The Balaban J connectivity index is 1.92. The highest BCUT2D eigenvalue weighted by Gasteiger charge is 2.24. The van der Waals surface area contributed by atoms with Gasteiger partial charge >= 0.3 is 5.69 Å². The van der Waals surface area contributed by atoms with E-state index in [0.717, 1.165) is 51.4 Å². The summed E-state index contributed by atoms with van der Waals surface area (Å²) in [5, 5.41) is 13.4. The molecule has 2 heterocycles.